The van der Waals surface area contributed by atoms with E-state index in [4.69, 9.17) is 4.74 Å². The third kappa shape index (κ3) is 4.02. The Morgan fingerprint density at radius 1 is 1.73 bits per heavy atom. The van der Waals surface area contributed by atoms with Crippen LogP contribution in [0.15, 0.2) is 36.5 Å². The lowest BCUT2D eigenvalue weighted by atomic mass is 9.90. The molecule has 2 heteroatoms. The van der Waals surface area contributed by atoms with Gasteiger partial charge in [0.05, 0.1) is 6.10 Å². The summed E-state index contributed by atoms with van der Waals surface area (Å²) in [5.74, 6) is 0.231. The van der Waals surface area contributed by atoms with E-state index >= 15 is 0 Å². The van der Waals surface area contributed by atoms with Crippen LogP contribution < -0.4 is 0 Å². The van der Waals surface area contributed by atoms with E-state index in [0.717, 1.165) is 12.0 Å². The van der Waals surface area contributed by atoms with E-state index in [9.17, 15) is 5.11 Å². The van der Waals surface area contributed by atoms with Crippen molar-refractivity contribution in [3.63, 3.8) is 0 Å². The Hall–Kier alpha value is -0.860. The molecule has 1 aliphatic rings. The van der Waals surface area contributed by atoms with E-state index < -0.39 is 0 Å². The molecule has 1 rings (SSSR count). The summed E-state index contributed by atoms with van der Waals surface area (Å²) < 4.78 is 5.22. The molecule has 2 atom stereocenters. The molecule has 0 radical (unpaired) electrons. The van der Waals surface area contributed by atoms with Gasteiger partial charge >= 0.3 is 0 Å². The highest BCUT2D eigenvalue weighted by atomic mass is 16.5. The predicted octanol–water partition coefficient (Wildman–Crippen LogP) is 2.46. The molecule has 0 heterocycles. The molecule has 1 N–H and O–H groups in total. The molecule has 0 fully saturated rings. The molecule has 0 saturated heterocycles. The zero-order chi connectivity index (χ0) is 11.1. The lowest BCUT2D eigenvalue weighted by molar-refractivity contribution is 0.0671. The van der Waals surface area contributed by atoms with Gasteiger partial charge in [0.1, 0.15) is 0 Å². The molecule has 0 aromatic heterocycles. The molecule has 0 aromatic carbocycles. The van der Waals surface area contributed by atoms with Gasteiger partial charge in [0.2, 0.25) is 0 Å². The summed E-state index contributed by atoms with van der Waals surface area (Å²) in [6.45, 7) is 7.03. The van der Waals surface area contributed by atoms with Crippen molar-refractivity contribution < 1.29 is 9.84 Å². The largest absolute Gasteiger partial charge is 0.392 e. The van der Waals surface area contributed by atoms with Crippen molar-refractivity contribution in [3.05, 3.63) is 36.5 Å². The Morgan fingerprint density at radius 2 is 2.53 bits per heavy atom. The van der Waals surface area contributed by atoms with Crippen LogP contribution in [0.25, 0.3) is 0 Å². The van der Waals surface area contributed by atoms with Crippen molar-refractivity contribution in [1.82, 2.24) is 0 Å². The third-order valence-corrected chi connectivity index (χ3v) is 2.65. The normalized spacial score (nSPS) is 22.3. The number of hydrogen-bond acceptors (Lipinski definition) is 2. The fraction of sp³-hybridized carbons (Fsp3) is 0.538. The van der Waals surface area contributed by atoms with Gasteiger partial charge in [0.15, 0.2) is 0 Å². The van der Waals surface area contributed by atoms with Crippen molar-refractivity contribution in [2.75, 3.05) is 13.2 Å². The molecular weight excluding hydrogens is 188 g/mol. The fourth-order valence-corrected chi connectivity index (χ4v) is 1.65. The van der Waals surface area contributed by atoms with E-state index in [1.807, 2.05) is 19.1 Å². The molecule has 2 unspecified atom stereocenters. The van der Waals surface area contributed by atoms with Gasteiger partial charge in [-0.15, -0.1) is 0 Å². The van der Waals surface area contributed by atoms with Gasteiger partial charge < -0.3 is 9.84 Å². The number of aliphatic hydroxyl groups is 1. The zero-order valence-corrected chi connectivity index (χ0v) is 9.36. The van der Waals surface area contributed by atoms with Crippen molar-refractivity contribution in [1.29, 1.82) is 0 Å². The quantitative estimate of drug-likeness (QED) is 0.679. The molecule has 84 valence electrons. The van der Waals surface area contributed by atoms with Crippen LogP contribution in [0.3, 0.4) is 0 Å². The van der Waals surface area contributed by atoms with Gasteiger partial charge in [0, 0.05) is 19.1 Å². The maximum absolute atomic E-state index is 9.87. The Bertz CT molecular complexity index is 253. The Morgan fingerprint density at radius 3 is 3.07 bits per heavy atom. The van der Waals surface area contributed by atoms with Crippen LogP contribution in [0.5, 0.6) is 0 Å². The second kappa shape index (κ2) is 6.59. The molecule has 0 saturated carbocycles. The van der Waals surface area contributed by atoms with Crippen LogP contribution in [0, 0.1) is 5.92 Å². The van der Waals surface area contributed by atoms with Crippen molar-refractivity contribution in [2.24, 2.45) is 5.92 Å². The standard InChI is InChI=1S/C13H20O2/c1-3-11-5-7-12(8-6-11)13(14)9-10-15-4-2/h3,5-7,12-14H,1,4,8-10H2,2H3. The molecular formula is C13H20O2. The van der Waals surface area contributed by atoms with E-state index in [0.29, 0.717) is 19.6 Å². The monoisotopic (exact) mass is 208 g/mol. The lowest BCUT2D eigenvalue weighted by Crippen LogP contribution is -2.21. The summed E-state index contributed by atoms with van der Waals surface area (Å²) in [6, 6.07) is 0. The summed E-state index contributed by atoms with van der Waals surface area (Å²) >= 11 is 0. The van der Waals surface area contributed by atoms with Crippen molar-refractivity contribution in [3.8, 4) is 0 Å². The minimum absolute atomic E-state index is 0.231. The summed E-state index contributed by atoms with van der Waals surface area (Å²) in [6.07, 6.45) is 9.33. The molecule has 0 amide bonds. The van der Waals surface area contributed by atoms with Crippen LogP contribution >= 0.6 is 0 Å². The van der Waals surface area contributed by atoms with Gasteiger partial charge in [-0.2, -0.15) is 0 Å². The maximum atomic E-state index is 9.87. The number of hydrogen-bond donors (Lipinski definition) is 1. The number of rotatable bonds is 6. The van der Waals surface area contributed by atoms with Gasteiger partial charge in [-0.1, -0.05) is 30.9 Å². The van der Waals surface area contributed by atoms with E-state index in [1.54, 1.807) is 0 Å². The Balaban J connectivity index is 2.31. The highest BCUT2D eigenvalue weighted by Gasteiger charge is 2.17. The second-order valence-electron chi connectivity index (χ2n) is 3.72. The molecule has 0 spiro atoms. The van der Waals surface area contributed by atoms with E-state index in [1.165, 1.54) is 0 Å². The SMILES string of the molecule is C=CC1=CCC(C(O)CCOCC)C=C1. The molecule has 15 heavy (non-hydrogen) atoms. The Kier molecular flexibility index (Phi) is 5.37. The average molecular weight is 208 g/mol. The number of aliphatic hydroxyl groups excluding tert-OH is 1. The summed E-state index contributed by atoms with van der Waals surface area (Å²) in [5.41, 5.74) is 1.14. The highest BCUT2D eigenvalue weighted by Crippen LogP contribution is 2.21. The first-order chi connectivity index (χ1) is 7.27. The summed E-state index contributed by atoms with van der Waals surface area (Å²) in [4.78, 5) is 0. The smallest absolute Gasteiger partial charge is 0.0627 e. The van der Waals surface area contributed by atoms with Crippen molar-refractivity contribution >= 4 is 0 Å². The summed E-state index contributed by atoms with van der Waals surface area (Å²) in [7, 11) is 0. The van der Waals surface area contributed by atoms with Crippen LogP contribution in [0.2, 0.25) is 0 Å². The van der Waals surface area contributed by atoms with E-state index in [-0.39, 0.29) is 12.0 Å². The molecule has 1 aliphatic carbocycles. The van der Waals surface area contributed by atoms with Gasteiger partial charge in [-0.05, 0) is 25.3 Å². The number of ether oxygens (including phenoxy) is 1. The van der Waals surface area contributed by atoms with E-state index in [2.05, 4.69) is 18.7 Å². The summed E-state index contributed by atoms with van der Waals surface area (Å²) in [5, 5.41) is 9.87. The van der Waals surface area contributed by atoms with Gasteiger partial charge in [-0.25, -0.2) is 0 Å². The minimum Gasteiger partial charge on any atom is -0.392 e. The average Bonchev–Trinajstić information content (AvgIpc) is 2.29. The van der Waals surface area contributed by atoms with Crippen LogP contribution in [-0.4, -0.2) is 24.4 Å². The van der Waals surface area contributed by atoms with Crippen LogP contribution in [-0.2, 0) is 4.74 Å². The van der Waals surface area contributed by atoms with Gasteiger partial charge in [-0.3, -0.25) is 0 Å². The minimum atomic E-state index is -0.296. The molecule has 0 aromatic rings. The lowest BCUT2D eigenvalue weighted by Gasteiger charge is -2.21. The predicted molar refractivity (Wildman–Crippen MR) is 62.6 cm³/mol. The molecule has 2 nitrogen and oxygen atoms in total. The first-order valence-corrected chi connectivity index (χ1v) is 5.54. The highest BCUT2D eigenvalue weighted by molar-refractivity contribution is 5.32. The van der Waals surface area contributed by atoms with Crippen LogP contribution in [0.1, 0.15) is 19.8 Å². The second-order valence-corrected chi connectivity index (χ2v) is 3.72. The number of allylic oxidation sites excluding steroid dienone is 4. The molecule has 0 bridgehead atoms. The first-order valence-electron chi connectivity index (χ1n) is 5.54. The maximum Gasteiger partial charge on any atom is 0.0627 e. The third-order valence-electron chi connectivity index (χ3n) is 2.65. The molecule has 0 aliphatic heterocycles. The topological polar surface area (TPSA) is 29.5 Å². The van der Waals surface area contributed by atoms with Gasteiger partial charge in [0.25, 0.3) is 0 Å². The Labute approximate surface area is 92.0 Å². The van der Waals surface area contributed by atoms with Crippen molar-refractivity contribution in [2.45, 2.75) is 25.9 Å². The first kappa shape index (κ1) is 12.2. The van der Waals surface area contributed by atoms with Crippen LogP contribution in [0.4, 0.5) is 0 Å². The fourth-order valence-electron chi connectivity index (χ4n) is 1.65. The zero-order valence-electron chi connectivity index (χ0n) is 9.36.